The summed E-state index contributed by atoms with van der Waals surface area (Å²) in [5.74, 6) is 1.37. The molecule has 0 saturated heterocycles. The lowest BCUT2D eigenvalue weighted by Gasteiger charge is -2.07. The number of nitrogens with one attached hydrogen (secondary N) is 1. The van der Waals surface area contributed by atoms with E-state index in [4.69, 9.17) is 0 Å². The zero-order chi connectivity index (χ0) is 21.9. The highest BCUT2D eigenvalue weighted by Crippen LogP contribution is 2.25. The van der Waals surface area contributed by atoms with Gasteiger partial charge in [0, 0.05) is 24.6 Å². The van der Waals surface area contributed by atoms with Gasteiger partial charge in [0.2, 0.25) is 5.82 Å². The van der Waals surface area contributed by atoms with E-state index in [0.717, 1.165) is 28.5 Å². The van der Waals surface area contributed by atoms with Gasteiger partial charge in [-0.2, -0.15) is 0 Å². The van der Waals surface area contributed by atoms with E-state index in [1.54, 1.807) is 22.2 Å². The summed E-state index contributed by atoms with van der Waals surface area (Å²) >= 11 is 1.56. The van der Waals surface area contributed by atoms with Gasteiger partial charge in [0.1, 0.15) is 5.82 Å². The summed E-state index contributed by atoms with van der Waals surface area (Å²) in [5, 5.41) is 9.38. The molecule has 1 N–H and O–H groups in total. The first kappa shape index (κ1) is 19.9. The SMILES string of the molecule is Cc1nccn1Cc1ccc(NC(=O)c2nc(-c3cccs3)n(-c3ccccc3)n2)cc1. The molecule has 2 aromatic carbocycles. The van der Waals surface area contributed by atoms with E-state index in [9.17, 15) is 4.79 Å². The van der Waals surface area contributed by atoms with Gasteiger partial charge in [-0.1, -0.05) is 36.4 Å². The third-order valence-electron chi connectivity index (χ3n) is 5.04. The van der Waals surface area contributed by atoms with E-state index in [-0.39, 0.29) is 11.7 Å². The number of hydrogen-bond donors (Lipinski definition) is 1. The lowest BCUT2D eigenvalue weighted by molar-refractivity contribution is 0.101. The van der Waals surface area contributed by atoms with Gasteiger partial charge in [-0.05, 0) is 48.2 Å². The molecule has 0 spiro atoms. The molecule has 3 heterocycles. The van der Waals surface area contributed by atoms with Crippen LogP contribution in [0, 0.1) is 6.92 Å². The van der Waals surface area contributed by atoms with Crippen LogP contribution in [0.4, 0.5) is 5.69 Å². The normalized spacial score (nSPS) is 10.9. The third-order valence-corrected chi connectivity index (χ3v) is 5.91. The molecule has 158 valence electrons. The summed E-state index contributed by atoms with van der Waals surface area (Å²) in [5.41, 5.74) is 2.66. The number of carbonyl (C=O) groups excluding carboxylic acids is 1. The molecule has 0 saturated carbocycles. The van der Waals surface area contributed by atoms with Crippen LogP contribution in [0.15, 0.2) is 84.5 Å². The van der Waals surface area contributed by atoms with Crippen molar-refractivity contribution in [2.45, 2.75) is 13.5 Å². The summed E-state index contributed by atoms with van der Waals surface area (Å²) < 4.78 is 3.77. The van der Waals surface area contributed by atoms with E-state index in [1.807, 2.05) is 85.2 Å². The zero-order valence-corrected chi connectivity index (χ0v) is 18.2. The first-order valence-corrected chi connectivity index (χ1v) is 11.0. The predicted octanol–water partition coefficient (Wildman–Crippen LogP) is 4.80. The molecule has 5 aromatic rings. The second kappa shape index (κ2) is 8.60. The minimum Gasteiger partial charge on any atom is -0.331 e. The maximum Gasteiger partial charge on any atom is 0.295 e. The predicted molar refractivity (Wildman–Crippen MR) is 125 cm³/mol. The van der Waals surface area contributed by atoms with E-state index >= 15 is 0 Å². The molecule has 0 bridgehead atoms. The van der Waals surface area contributed by atoms with E-state index in [0.29, 0.717) is 11.5 Å². The average molecular weight is 441 g/mol. The van der Waals surface area contributed by atoms with Crippen LogP contribution in [-0.4, -0.2) is 30.2 Å². The minimum absolute atomic E-state index is 0.121. The van der Waals surface area contributed by atoms with Crippen LogP contribution in [0.25, 0.3) is 16.4 Å². The fraction of sp³-hybridized carbons (Fsp3) is 0.0833. The molecule has 0 atom stereocenters. The summed E-state index contributed by atoms with van der Waals surface area (Å²) in [6.45, 7) is 2.70. The van der Waals surface area contributed by atoms with Gasteiger partial charge >= 0.3 is 0 Å². The maximum absolute atomic E-state index is 12.9. The van der Waals surface area contributed by atoms with Crippen molar-refractivity contribution in [1.82, 2.24) is 24.3 Å². The number of carbonyl (C=O) groups is 1. The number of benzene rings is 2. The van der Waals surface area contributed by atoms with Crippen molar-refractivity contribution >= 4 is 22.9 Å². The quantitative estimate of drug-likeness (QED) is 0.411. The Kier molecular flexibility index (Phi) is 5.35. The van der Waals surface area contributed by atoms with Crippen molar-refractivity contribution in [2.24, 2.45) is 0 Å². The zero-order valence-electron chi connectivity index (χ0n) is 17.3. The van der Waals surface area contributed by atoms with Crippen LogP contribution >= 0.6 is 11.3 Å². The molecule has 0 aliphatic carbocycles. The van der Waals surface area contributed by atoms with Gasteiger partial charge < -0.3 is 9.88 Å². The van der Waals surface area contributed by atoms with Crippen LogP contribution in [-0.2, 0) is 6.54 Å². The Bertz CT molecular complexity index is 1340. The van der Waals surface area contributed by atoms with Gasteiger partial charge in [-0.25, -0.2) is 14.6 Å². The molecule has 0 aliphatic rings. The molecule has 7 nitrogen and oxygen atoms in total. The van der Waals surface area contributed by atoms with Crippen molar-refractivity contribution in [3.8, 4) is 16.4 Å². The maximum atomic E-state index is 12.9. The summed E-state index contributed by atoms with van der Waals surface area (Å²) in [6.07, 6.45) is 3.74. The first-order chi connectivity index (χ1) is 15.7. The van der Waals surface area contributed by atoms with Gasteiger partial charge in [-0.15, -0.1) is 16.4 Å². The van der Waals surface area contributed by atoms with Crippen molar-refractivity contribution in [2.75, 3.05) is 5.32 Å². The van der Waals surface area contributed by atoms with Gasteiger partial charge in [-0.3, -0.25) is 4.79 Å². The molecule has 3 aromatic heterocycles. The number of anilines is 1. The molecular formula is C24H20N6OS. The fourth-order valence-electron chi connectivity index (χ4n) is 3.37. The Hall–Kier alpha value is -4.04. The van der Waals surface area contributed by atoms with Crippen LogP contribution in [0.3, 0.4) is 0 Å². The summed E-state index contributed by atoms with van der Waals surface area (Å²) in [6, 6.07) is 21.3. The number of imidazole rings is 1. The third kappa shape index (κ3) is 4.08. The van der Waals surface area contributed by atoms with Crippen molar-refractivity contribution in [3.63, 3.8) is 0 Å². The summed E-state index contributed by atoms with van der Waals surface area (Å²) in [7, 11) is 0. The lowest BCUT2D eigenvalue weighted by atomic mass is 10.2. The number of para-hydroxylation sites is 1. The van der Waals surface area contributed by atoms with Crippen molar-refractivity contribution in [1.29, 1.82) is 0 Å². The smallest absolute Gasteiger partial charge is 0.295 e. The van der Waals surface area contributed by atoms with Crippen LogP contribution in [0.2, 0.25) is 0 Å². The van der Waals surface area contributed by atoms with E-state index < -0.39 is 0 Å². The largest absolute Gasteiger partial charge is 0.331 e. The van der Waals surface area contributed by atoms with Crippen molar-refractivity contribution < 1.29 is 4.79 Å². The number of aromatic nitrogens is 5. The molecule has 1 amide bonds. The van der Waals surface area contributed by atoms with Gasteiger partial charge in [0.15, 0.2) is 5.82 Å². The van der Waals surface area contributed by atoms with E-state index in [1.165, 1.54) is 0 Å². The highest BCUT2D eigenvalue weighted by atomic mass is 32.1. The Morgan fingerprint density at radius 3 is 2.53 bits per heavy atom. The topological polar surface area (TPSA) is 77.6 Å². The molecule has 32 heavy (non-hydrogen) atoms. The van der Waals surface area contributed by atoms with E-state index in [2.05, 4.69) is 25.0 Å². The number of hydrogen-bond acceptors (Lipinski definition) is 5. The minimum atomic E-state index is -0.351. The number of thiophene rings is 1. The first-order valence-electron chi connectivity index (χ1n) is 10.1. The number of aryl methyl sites for hydroxylation is 1. The summed E-state index contributed by atoms with van der Waals surface area (Å²) in [4.78, 5) is 22.6. The molecule has 0 fully saturated rings. The standard InChI is InChI=1S/C24H20N6OS/c1-17-25-13-14-29(17)16-18-9-11-19(12-10-18)26-24(31)22-27-23(21-8-5-15-32-21)30(28-22)20-6-3-2-4-7-20/h2-15H,16H2,1H3,(H,26,31). The molecule has 0 unspecified atom stereocenters. The van der Waals surface area contributed by atoms with Gasteiger partial charge in [0.05, 0.1) is 10.6 Å². The molecule has 0 aliphatic heterocycles. The highest BCUT2D eigenvalue weighted by molar-refractivity contribution is 7.13. The van der Waals surface area contributed by atoms with Crippen LogP contribution in [0.1, 0.15) is 22.0 Å². The molecule has 8 heteroatoms. The molecular weight excluding hydrogens is 420 g/mol. The Morgan fingerprint density at radius 2 is 1.84 bits per heavy atom. The Balaban J connectivity index is 1.37. The Labute approximate surface area is 189 Å². The second-order valence-corrected chi connectivity index (χ2v) is 8.18. The number of nitrogens with zero attached hydrogens (tertiary/aromatic N) is 5. The second-order valence-electron chi connectivity index (χ2n) is 7.24. The monoisotopic (exact) mass is 440 g/mol. The number of rotatable bonds is 6. The van der Waals surface area contributed by atoms with Crippen molar-refractivity contribution in [3.05, 3.63) is 102 Å². The molecule has 5 rings (SSSR count). The Morgan fingerprint density at radius 1 is 1.03 bits per heavy atom. The molecule has 0 radical (unpaired) electrons. The highest BCUT2D eigenvalue weighted by Gasteiger charge is 2.19. The average Bonchev–Trinajstić information content (AvgIpc) is 3.57. The fourth-order valence-corrected chi connectivity index (χ4v) is 4.07. The number of amides is 1. The lowest BCUT2D eigenvalue weighted by Crippen LogP contribution is -2.14. The van der Waals surface area contributed by atoms with Crippen LogP contribution in [0.5, 0.6) is 0 Å². The van der Waals surface area contributed by atoms with Gasteiger partial charge in [0.25, 0.3) is 5.91 Å². The van der Waals surface area contributed by atoms with Crippen LogP contribution < -0.4 is 5.32 Å².